The summed E-state index contributed by atoms with van der Waals surface area (Å²) in [4.78, 5) is 4.36. The summed E-state index contributed by atoms with van der Waals surface area (Å²) in [5, 5.41) is 0. The number of aliphatic imine (C=N–C) groups is 1. The third-order valence-corrected chi connectivity index (χ3v) is 1.82. The van der Waals surface area contributed by atoms with Crippen molar-refractivity contribution in [3.8, 4) is 0 Å². The Morgan fingerprint density at radius 2 is 2.50 bits per heavy atom. The maximum Gasteiger partial charge on any atom is 0.0534 e. The van der Waals surface area contributed by atoms with Crippen molar-refractivity contribution in [1.29, 1.82) is 0 Å². The van der Waals surface area contributed by atoms with Gasteiger partial charge in [-0.05, 0) is 18.9 Å². The lowest BCUT2D eigenvalue weighted by atomic mass is 10.1. The Balaban J connectivity index is 2.17. The second-order valence-electron chi connectivity index (χ2n) is 2.76. The van der Waals surface area contributed by atoms with Gasteiger partial charge in [-0.1, -0.05) is 25.8 Å². The first-order chi connectivity index (χ1) is 4.93. The monoisotopic (exact) mass is 137 g/mol. The topological polar surface area (TPSA) is 12.4 Å². The molecule has 0 saturated carbocycles. The molecule has 1 heterocycles. The van der Waals surface area contributed by atoms with Crippen LogP contribution in [0.1, 0.15) is 32.6 Å². The standard InChI is InChI=1S/C9H15N/c1-2-3-6-9-7-4-5-8-10-9/h4-5,8-9H,2-3,6-7H2,1H3. The van der Waals surface area contributed by atoms with Crippen LogP contribution in [0.25, 0.3) is 0 Å². The molecule has 0 bridgehead atoms. The summed E-state index contributed by atoms with van der Waals surface area (Å²) in [6.45, 7) is 2.22. The molecule has 0 fully saturated rings. The molecule has 1 unspecified atom stereocenters. The third-order valence-electron chi connectivity index (χ3n) is 1.82. The summed E-state index contributed by atoms with van der Waals surface area (Å²) in [6, 6.07) is 0.588. The van der Waals surface area contributed by atoms with Crippen LogP contribution >= 0.6 is 0 Å². The van der Waals surface area contributed by atoms with E-state index in [1.807, 2.05) is 12.3 Å². The number of allylic oxidation sites excluding steroid dienone is 1. The van der Waals surface area contributed by atoms with Gasteiger partial charge in [-0.3, -0.25) is 4.99 Å². The van der Waals surface area contributed by atoms with Crippen molar-refractivity contribution >= 4 is 6.21 Å². The van der Waals surface area contributed by atoms with Crippen LogP contribution in [-0.4, -0.2) is 12.3 Å². The van der Waals surface area contributed by atoms with Gasteiger partial charge in [-0.15, -0.1) is 0 Å². The van der Waals surface area contributed by atoms with E-state index in [9.17, 15) is 0 Å². The van der Waals surface area contributed by atoms with Gasteiger partial charge in [0.1, 0.15) is 0 Å². The van der Waals surface area contributed by atoms with E-state index < -0.39 is 0 Å². The zero-order chi connectivity index (χ0) is 7.23. The van der Waals surface area contributed by atoms with Crippen LogP contribution in [-0.2, 0) is 0 Å². The first-order valence-electron chi connectivity index (χ1n) is 4.11. The zero-order valence-electron chi connectivity index (χ0n) is 6.59. The number of hydrogen-bond acceptors (Lipinski definition) is 1. The fraction of sp³-hybridized carbons (Fsp3) is 0.667. The summed E-state index contributed by atoms with van der Waals surface area (Å²) >= 11 is 0. The fourth-order valence-electron chi connectivity index (χ4n) is 1.16. The highest BCUT2D eigenvalue weighted by Gasteiger charge is 2.03. The average Bonchev–Trinajstić information content (AvgIpc) is 2.03. The highest BCUT2D eigenvalue weighted by atomic mass is 14.8. The second-order valence-corrected chi connectivity index (χ2v) is 2.76. The Morgan fingerprint density at radius 3 is 3.10 bits per heavy atom. The number of hydrogen-bond donors (Lipinski definition) is 0. The number of dihydropyridines is 1. The van der Waals surface area contributed by atoms with Crippen LogP contribution in [0.15, 0.2) is 17.1 Å². The van der Waals surface area contributed by atoms with E-state index in [0.29, 0.717) is 6.04 Å². The van der Waals surface area contributed by atoms with E-state index in [2.05, 4.69) is 18.0 Å². The van der Waals surface area contributed by atoms with E-state index >= 15 is 0 Å². The summed E-state index contributed by atoms with van der Waals surface area (Å²) in [7, 11) is 0. The van der Waals surface area contributed by atoms with Gasteiger partial charge in [0.2, 0.25) is 0 Å². The van der Waals surface area contributed by atoms with Gasteiger partial charge in [0.05, 0.1) is 6.04 Å². The van der Waals surface area contributed by atoms with Gasteiger partial charge in [0.25, 0.3) is 0 Å². The molecule has 0 radical (unpaired) electrons. The molecule has 1 rings (SSSR count). The van der Waals surface area contributed by atoms with E-state index in [-0.39, 0.29) is 0 Å². The number of unbranched alkanes of at least 4 members (excludes halogenated alkanes) is 1. The van der Waals surface area contributed by atoms with Crippen molar-refractivity contribution in [2.45, 2.75) is 38.6 Å². The molecule has 56 valence electrons. The lowest BCUT2D eigenvalue weighted by Gasteiger charge is -2.10. The largest absolute Gasteiger partial charge is 0.290 e. The maximum atomic E-state index is 4.36. The van der Waals surface area contributed by atoms with Crippen LogP contribution in [0.3, 0.4) is 0 Å². The van der Waals surface area contributed by atoms with Crippen LogP contribution in [0, 0.1) is 0 Å². The lowest BCUT2D eigenvalue weighted by molar-refractivity contribution is 0.583. The Bertz CT molecular complexity index is 136. The minimum absolute atomic E-state index is 0.588. The summed E-state index contributed by atoms with van der Waals surface area (Å²) < 4.78 is 0. The molecule has 0 spiro atoms. The molecule has 1 aliphatic rings. The quantitative estimate of drug-likeness (QED) is 0.567. The second kappa shape index (κ2) is 4.26. The first-order valence-corrected chi connectivity index (χ1v) is 4.11. The predicted molar refractivity (Wildman–Crippen MR) is 45.6 cm³/mol. The minimum Gasteiger partial charge on any atom is -0.290 e. The molecule has 0 aliphatic carbocycles. The minimum atomic E-state index is 0.588. The molecule has 0 aromatic rings. The molecular formula is C9H15N. The van der Waals surface area contributed by atoms with Crippen molar-refractivity contribution in [3.63, 3.8) is 0 Å². The van der Waals surface area contributed by atoms with Gasteiger partial charge in [0.15, 0.2) is 0 Å². The number of nitrogens with zero attached hydrogens (tertiary/aromatic N) is 1. The Morgan fingerprint density at radius 1 is 1.60 bits per heavy atom. The number of rotatable bonds is 3. The van der Waals surface area contributed by atoms with Crippen molar-refractivity contribution in [2.24, 2.45) is 4.99 Å². The zero-order valence-corrected chi connectivity index (χ0v) is 6.59. The van der Waals surface area contributed by atoms with Crippen molar-refractivity contribution in [1.82, 2.24) is 0 Å². The molecule has 0 aromatic heterocycles. The van der Waals surface area contributed by atoms with Gasteiger partial charge in [0, 0.05) is 6.21 Å². The fourth-order valence-corrected chi connectivity index (χ4v) is 1.16. The molecule has 0 amide bonds. The molecule has 10 heavy (non-hydrogen) atoms. The third kappa shape index (κ3) is 2.34. The smallest absolute Gasteiger partial charge is 0.0534 e. The first kappa shape index (κ1) is 7.52. The molecule has 0 saturated heterocycles. The predicted octanol–water partition coefficient (Wildman–Crippen LogP) is 2.58. The van der Waals surface area contributed by atoms with E-state index in [4.69, 9.17) is 0 Å². The van der Waals surface area contributed by atoms with Crippen molar-refractivity contribution < 1.29 is 0 Å². The van der Waals surface area contributed by atoms with Gasteiger partial charge in [-0.25, -0.2) is 0 Å². The summed E-state index contributed by atoms with van der Waals surface area (Å²) in [6.07, 6.45) is 11.2. The Kier molecular flexibility index (Phi) is 3.20. The summed E-state index contributed by atoms with van der Waals surface area (Å²) in [5.41, 5.74) is 0. The van der Waals surface area contributed by atoms with E-state index in [1.54, 1.807) is 0 Å². The molecular weight excluding hydrogens is 122 g/mol. The van der Waals surface area contributed by atoms with Crippen molar-refractivity contribution in [3.05, 3.63) is 12.2 Å². The van der Waals surface area contributed by atoms with Gasteiger partial charge in [-0.2, -0.15) is 0 Å². The summed E-state index contributed by atoms with van der Waals surface area (Å²) in [5.74, 6) is 0. The highest BCUT2D eigenvalue weighted by molar-refractivity contribution is 5.72. The molecule has 0 aromatic carbocycles. The average molecular weight is 137 g/mol. The molecule has 1 nitrogen and oxygen atoms in total. The molecule has 1 atom stereocenters. The van der Waals surface area contributed by atoms with Crippen LogP contribution in [0.4, 0.5) is 0 Å². The maximum absolute atomic E-state index is 4.36. The highest BCUT2D eigenvalue weighted by Crippen LogP contribution is 2.10. The Hall–Kier alpha value is -0.590. The Labute approximate surface area is 62.9 Å². The SMILES string of the molecule is CCCCC1CC=CC=N1. The van der Waals surface area contributed by atoms with Gasteiger partial charge >= 0.3 is 0 Å². The van der Waals surface area contributed by atoms with Crippen molar-refractivity contribution in [2.75, 3.05) is 0 Å². The lowest BCUT2D eigenvalue weighted by Crippen LogP contribution is -2.05. The van der Waals surface area contributed by atoms with E-state index in [1.165, 1.54) is 19.3 Å². The van der Waals surface area contributed by atoms with Crippen LogP contribution in [0.5, 0.6) is 0 Å². The normalized spacial score (nSPS) is 23.5. The van der Waals surface area contributed by atoms with Gasteiger partial charge < -0.3 is 0 Å². The van der Waals surface area contributed by atoms with Crippen LogP contribution < -0.4 is 0 Å². The van der Waals surface area contributed by atoms with Crippen LogP contribution in [0.2, 0.25) is 0 Å². The molecule has 1 heteroatoms. The molecule has 1 aliphatic heterocycles. The molecule has 0 N–H and O–H groups in total. The van der Waals surface area contributed by atoms with E-state index in [0.717, 1.165) is 6.42 Å².